The maximum Gasteiger partial charge on any atom is 0.331 e. The molecule has 0 saturated heterocycles. The first-order chi connectivity index (χ1) is 8.94. The van der Waals surface area contributed by atoms with Gasteiger partial charge in [-0.05, 0) is 39.0 Å². The van der Waals surface area contributed by atoms with E-state index < -0.39 is 5.60 Å². The second-order valence-electron chi connectivity index (χ2n) is 5.30. The molecule has 0 aliphatic rings. The van der Waals surface area contributed by atoms with Gasteiger partial charge in [-0.25, -0.2) is 9.78 Å². The van der Waals surface area contributed by atoms with Gasteiger partial charge in [-0.3, -0.25) is 0 Å². The summed E-state index contributed by atoms with van der Waals surface area (Å²) in [5.74, 6) is -0.359. The largest absolute Gasteiger partial charge is 0.457 e. The smallest absolute Gasteiger partial charge is 0.331 e. The number of ether oxygens (including phenoxy) is 1. The summed E-state index contributed by atoms with van der Waals surface area (Å²) in [6.45, 7) is 5.52. The quantitative estimate of drug-likeness (QED) is 0.608. The third-order valence-electron chi connectivity index (χ3n) is 2.42. The number of fused-ring (bicyclic) bond motifs is 1. The summed E-state index contributed by atoms with van der Waals surface area (Å²) in [5, 5.41) is 1.08. The summed E-state index contributed by atoms with van der Waals surface area (Å²) >= 11 is 0. The van der Waals surface area contributed by atoms with Gasteiger partial charge in [0, 0.05) is 11.5 Å². The molecule has 3 nitrogen and oxygen atoms in total. The Morgan fingerprint density at radius 3 is 2.63 bits per heavy atom. The van der Waals surface area contributed by atoms with Gasteiger partial charge < -0.3 is 4.74 Å². The predicted molar refractivity (Wildman–Crippen MR) is 76.6 cm³/mol. The fraction of sp³-hybridized carbons (Fsp3) is 0.250. The molecule has 0 amide bonds. The van der Waals surface area contributed by atoms with E-state index in [1.807, 2.05) is 57.2 Å². The van der Waals surface area contributed by atoms with E-state index in [4.69, 9.17) is 4.74 Å². The molecule has 2 rings (SSSR count). The molecule has 0 fully saturated rings. The summed E-state index contributed by atoms with van der Waals surface area (Å²) in [5.41, 5.74) is 1.18. The third-order valence-corrected chi connectivity index (χ3v) is 2.42. The topological polar surface area (TPSA) is 39.2 Å². The summed E-state index contributed by atoms with van der Waals surface area (Å²) in [4.78, 5) is 16.0. The van der Waals surface area contributed by atoms with Crippen LogP contribution in [0.15, 0.2) is 42.5 Å². The van der Waals surface area contributed by atoms with Crippen molar-refractivity contribution in [2.75, 3.05) is 0 Å². The molecule has 0 bridgehead atoms. The minimum Gasteiger partial charge on any atom is -0.457 e. The number of nitrogens with zero attached hydrogens (tertiary/aromatic N) is 1. The summed E-state index contributed by atoms with van der Waals surface area (Å²) in [7, 11) is 0. The summed E-state index contributed by atoms with van der Waals surface area (Å²) in [6, 6.07) is 11.7. The van der Waals surface area contributed by atoms with E-state index in [1.54, 1.807) is 6.08 Å². The number of esters is 1. The first kappa shape index (κ1) is 13.3. The molecule has 1 aromatic carbocycles. The third kappa shape index (κ3) is 3.91. The van der Waals surface area contributed by atoms with Crippen LogP contribution in [0, 0.1) is 0 Å². The van der Waals surface area contributed by atoms with Crippen molar-refractivity contribution >= 4 is 22.9 Å². The molecule has 2 aromatic rings. The van der Waals surface area contributed by atoms with Crippen LogP contribution < -0.4 is 0 Å². The zero-order chi connectivity index (χ0) is 13.9. The number of rotatable bonds is 2. The molecule has 0 unspecified atom stereocenters. The Balaban J connectivity index is 2.15. The van der Waals surface area contributed by atoms with Crippen molar-refractivity contribution in [2.24, 2.45) is 0 Å². The first-order valence-corrected chi connectivity index (χ1v) is 6.21. The van der Waals surface area contributed by atoms with Crippen LogP contribution in [-0.2, 0) is 9.53 Å². The van der Waals surface area contributed by atoms with Crippen LogP contribution in [0.5, 0.6) is 0 Å². The number of para-hydroxylation sites is 1. The van der Waals surface area contributed by atoms with Crippen molar-refractivity contribution in [3.05, 3.63) is 48.2 Å². The lowest BCUT2D eigenvalue weighted by Gasteiger charge is -2.17. The SMILES string of the molecule is CC(C)(C)OC(=O)/C=C/c1ccc2ccccc2n1. The average molecular weight is 255 g/mol. The highest BCUT2D eigenvalue weighted by atomic mass is 16.6. The number of hydrogen-bond acceptors (Lipinski definition) is 3. The molecule has 0 spiro atoms. The Morgan fingerprint density at radius 1 is 1.16 bits per heavy atom. The molecule has 98 valence electrons. The Bertz CT molecular complexity index is 624. The van der Waals surface area contributed by atoms with Gasteiger partial charge >= 0.3 is 5.97 Å². The van der Waals surface area contributed by atoms with Gasteiger partial charge in [-0.15, -0.1) is 0 Å². The molecular formula is C16H17NO2. The monoisotopic (exact) mass is 255 g/mol. The highest BCUT2D eigenvalue weighted by Crippen LogP contribution is 2.13. The highest BCUT2D eigenvalue weighted by Gasteiger charge is 2.13. The van der Waals surface area contributed by atoms with Crippen molar-refractivity contribution in [3.8, 4) is 0 Å². The van der Waals surface area contributed by atoms with E-state index in [0.717, 1.165) is 16.6 Å². The van der Waals surface area contributed by atoms with E-state index >= 15 is 0 Å². The van der Waals surface area contributed by atoms with Crippen LogP contribution in [0.3, 0.4) is 0 Å². The fourth-order valence-electron chi connectivity index (χ4n) is 1.66. The number of aromatic nitrogens is 1. The van der Waals surface area contributed by atoms with Crippen LogP contribution in [0.2, 0.25) is 0 Å². The number of benzene rings is 1. The molecule has 0 aliphatic carbocycles. The van der Waals surface area contributed by atoms with Gasteiger partial charge in [0.25, 0.3) is 0 Å². The maximum absolute atomic E-state index is 11.6. The second-order valence-corrected chi connectivity index (χ2v) is 5.30. The van der Waals surface area contributed by atoms with Gasteiger partial charge in [0.15, 0.2) is 0 Å². The molecule has 1 aromatic heterocycles. The molecule has 3 heteroatoms. The molecule has 0 saturated carbocycles. The molecule has 0 N–H and O–H groups in total. The molecule has 0 aliphatic heterocycles. The Morgan fingerprint density at radius 2 is 1.89 bits per heavy atom. The van der Waals surface area contributed by atoms with E-state index in [1.165, 1.54) is 6.08 Å². The zero-order valence-electron chi connectivity index (χ0n) is 11.4. The fourth-order valence-corrected chi connectivity index (χ4v) is 1.66. The molecule has 0 atom stereocenters. The Hall–Kier alpha value is -2.16. The van der Waals surface area contributed by atoms with Crippen molar-refractivity contribution in [2.45, 2.75) is 26.4 Å². The summed E-state index contributed by atoms with van der Waals surface area (Å²) in [6.07, 6.45) is 3.07. The van der Waals surface area contributed by atoms with Crippen LogP contribution >= 0.6 is 0 Å². The molecule has 19 heavy (non-hydrogen) atoms. The Labute approximate surface area is 112 Å². The highest BCUT2D eigenvalue weighted by molar-refractivity contribution is 5.87. The van der Waals surface area contributed by atoms with Crippen LogP contribution in [-0.4, -0.2) is 16.6 Å². The molecular weight excluding hydrogens is 238 g/mol. The van der Waals surface area contributed by atoms with Gasteiger partial charge in [0.1, 0.15) is 5.60 Å². The van der Waals surface area contributed by atoms with Gasteiger partial charge in [0.2, 0.25) is 0 Å². The minimum absolute atomic E-state index is 0.359. The molecule has 0 radical (unpaired) electrons. The van der Waals surface area contributed by atoms with Crippen LogP contribution in [0.1, 0.15) is 26.5 Å². The van der Waals surface area contributed by atoms with E-state index in [2.05, 4.69) is 4.98 Å². The zero-order valence-corrected chi connectivity index (χ0v) is 11.4. The van der Waals surface area contributed by atoms with Crippen molar-refractivity contribution in [1.29, 1.82) is 0 Å². The number of carbonyl (C=O) groups excluding carboxylic acids is 1. The first-order valence-electron chi connectivity index (χ1n) is 6.21. The van der Waals surface area contributed by atoms with Crippen molar-refractivity contribution in [1.82, 2.24) is 4.98 Å². The standard InChI is InChI=1S/C16H17NO2/c1-16(2,3)19-15(18)11-10-13-9-8-12-6-4-5-7-14(12)17-13/h4-11H,1-3H3/b11-10+. The van der Waals surface area contributed by atoms with Crippen molar-refractivity contribution in [3.63, 3.8) is 0 Å². The number of hydrogen-bond donors (Lipinski definition) is 0. The van der Waals surface area contributed by atoms with Gasteiger partial charge in [-0.1, -0.05) is 24.3 Å². The van der Waals surface area contributed by atoms with Crippen LogP contribution in [0.25, 0.3) is 17.0 Å². The van der Waals surface area contributed by atoms with E-state index in [-0.39, 0.29) is 5.97 Å². The molecule has 1 heterocycles. The maximum atomic E-state index is 11.6. The lowest BCUT2D eigenvalue weighted by Crippen LogP contribution is -2.22. The predicted octanol–water partition coefficient (Wildman–Crippen LogP) is 3.59. The normalized spacial score (nSPS) is 11.9. The van der Waals surface area contributed by atoms with Crippen LogP contribution in [0.4, 0.5) is 0 Å². The minimum atomic E-state index is -0.474. The second kappa shape index (κ2) is 5.22. The number of pyridine rings is 1. The van der Waals surface area contributed by atoms with Gasteiger partial charge in [0.05, 0.1) is 11.2 Å². The number of carbonyl (C=O) groups is 1. The summed E-state index contributed by atoms with van der Waals surface area (Å²) < 4.78 is 5.19. The Kier molecular flexibility index (Phi) is 3.65. The van der Waals surface area contributed by atoms with Gasteiger partial charge in [-0.2, -0.15) is 0 Å². The lowest BCUT2D eigenvalue weighted by atomic mass is 10.2. The average Bonchev–Trinajstić information content (AvgIpc) is 2.34. The lowest BCUT2D eigenvalue weighted by molar-refractivity contribution is -0.148. The van der Waals surface area contributed by atoms with E-state index in [0.29, 0.717) is 0 Å². The van der Waals surface area contributed by atoms with E-state index in [9.17, 15) is 4.79 Å². The van der Waals surface area contributed by atoms with Crippen molar-refractivity contribution < 1.29 is 9.53 Å².